The van der Waals surface area contributed by atoms with E-state index in [1.807, 2.05) is 6.92 Å². The van der Waals surface area contributed by atoms with Gasteiger partial charge in [0, 0.05) is 18.8 Å². The van der Waals surface area contributed by atoms with E-state index in [9.17, 15) is 4.79 Å². The molecule has 0 saturated heterocycles. The summed E-state index contributed by atoms with van der Waals surface area (Å²) in [6.07, 6.45) is 0.668. The van der Waals surface area contributed by atoms with Crippen molar-refractivity contribution in [1.29, 1.82) is 0 Å². The Labute approximate surface area is 127 Å². The van der Waals surface area contributed by atoms with Gasteiger partial charge in [0.1, 0.15) is 11.4 Å². The van der Waals surface area contributed by atoms with Crippen LogP contribution in [0.3, 0.4) is 0 Å². The number of nitrogens with two attached hydrogens (primary N) is 1. The molecule has 112 valence electrons. The third-order valence-electron chi connectivity index (χ3n) is 3.12. The number of carbonyl (C=O) groups is 1. The summed E-state index contributed by atoms with van der Waals surface area (Å²) in [5.74, 6) is 0.160. The van der Waals surface area contributed by atoms with E-state index in [2.05, 4.69) is 10.4 Å². The van der Waals surface area contributed by atoms with Crippen molar-refractivity contribution in [3.63, 3.8) is 0 Å². The predicted octanol–water partition coefficient (Wildman–Crippen LogP) is 2.48. The number of carbonyl (C=O) groups excluding carboxylic acids is 1. The normalized spacial score (nSPS) is 10.5. The molecule has 0 aliphatic rings. The second-order valence-corrected chi connectivity index (χ2v) is 4.90. The summed E-state index contributed by atoms with van der Waals surface area (Å²) in [5.41, 5.74) is 7.97. The SMILES string of the molecule is CCc1nn(C)c(C(=O)Nc2ccc(Cl)c(OC)c2)c1N. The molecule has 0 aliphatic carbocycles. The van der Waals surface area contributed by atoms with Gasteiger partial charge in [0.25, 0.3) is 5.91 Å². The summed E-state index contributed by atoms with van der Waals surface area (Å²) in [5, 5.41) is 7.46. The van der Waals surface area contributed by atoms with Crippen LogP contribution in [0.4, 0.5) is 11.4 Å². The number of methoxy groups -OCH3 is 1. The summed E-state index contributed by atoms with van der Waals surface area (Å²) in [4.78, 5) is 12.3. The van der Waals surface area contributed by atoms with E-state index in [-0.39, 0.29) is 5.91 Å². The van der Waals surface area contributed by atoms with Crippen molar-refractivity contribution in [2.45, 2.75) is 13.3 Å². The lowest BCUT2D eigenvalue weighted by Crippen LogP contribution is -2.17. The Balaban J connectivity index is 2.28. The van der Waals surface area contributed by atoms with Crippen LogP contribution in [0.5, 0.6) is 5.75 Å². The van der Waals surface area contributed by atoms with Crippen LogP contribution >= 0.6 is 11.6 Å². The van der Waals surface area contributed by atoms with Crippen LogP contribution in [-0.2, 0) is 13.5 Å². The number of amides is 1. The maximum Gasteiger partial charge on any atom is 0.276 e. The molecular formula is C14H17ClN4O2. The molecule has 6 nitrogen and oxygen atoms in total. The van der Waals surface area contributed by atoms with Gasteiger partial charge in [-0.2, -0.15) is 5.10 Å². The highest BCUT2D eigenvalue weighted by Crippen LogP contribution is 2.28. The Morgan fingerprint density at radius 2 is 2.24 bits per heavy atom. The molecule has 0 fully saturated rings. The van der Waals surface area contributed by atoms with Gasteiger partial charge in [-0.25, -0.2) is 0 Å². The number of rotatable bonds is 4. The van der Waals surface area contributed by atoms with E-state index < -0.39 is 0 Å². The topological polar surface area (TPSA) is 82.2 Å². The van der Waals surface area contributed by atoms with Gasteiger partial charge in [0.05, 0.1) is 23.5 Å². The van der Waals surface area contributed by atoms with Crippen LogP contribution < -0.4 is 15.8 Å². The van der Waals surface area contributed by atoms with Gasteiger partial charge >= 0.3 is 0 Å². The number of nitrogens with one attached hydrogen (secondary N) is 1. The molecule has 1 aromatic carbocycles. The number of benzene rings is 1. The molecule has 0 saturated carbocycles. The smallest absolute Gasteiger partial charge is 0.276 e. The molecule has 2 aromatic rings. The lowest BCUT2D eigenvalue weighted by Gasteiger charge is -2.09. The molecule has 0 unspecified atom stereocenters. The van der Waals surface area contributed by atoms with Crippen molar-refractivity contribution in [2.75, 3.05) is 18.2 Å². The fourth-order valence-electron chi connectivity index (χ4n) is 2.05. The van der Waals surface area contributed by atoms with Crippen LogP contribution in [0.15, 0.2) is 18.2 Å². The molecule has 1 aromatic heterocycles. The first kappa shape index (κ1) is 15.2. The maximum absolute atomic E-state index is 12.3. The minimum absolute atomic E-state index is 0.327. The predicted molar refractivity (Wildman–Crippen MR) is 83.0 cm³/mol. The number of hydrogen-bond acceptors (Lipinski definition) is 4. The van der Waals surface area contributed by atoms with Crippen molar-refractivity contribution >= 4 is 28.9 Å². The zero-order chi connectivity index (χ0) is 15.6. The molecule has 0 spiro atoms. The first-order valence-corrected chi connectivity index (χ1v) is 6.82. The molecule has 3 N–H and O–H groups in total. The number of ether oxygens (including phenoxy) is 1. The van der Waals surface area contributed by atoms with Crippen LogP contribution in [0, 0.1) is 0 Å². The summed E-state index contributed by atoms with van der Waals surface area (Å²) in [6.45, 7) is 1.93. The largest absolute Gasteiger partial charge is 0.495 e. The van der Waals surface area contributed by atoms with E-state index in [0.717, 1.165) is 0 Å². The second-order valence-electron chi connectivity index (χ2n) is 4.49. The Hall–Kier alpha value is -2.21. The third-order valence-corrected chi connectivity index (χ3v) is 3.43. The molecule has 2 rings (SSSR count). The number of nitrogen functional groups attached to an aromatic ring is 1. The minimum atomic E-state index is -0.327. The lowest BCUT2D eigenvalue weighted by molar-refractivity contribution is 0.101. The van der Waals surface area contributed by atoms with Gasteiger partial charge in [0.15, 0.2) is 0 Å². The molecule has 0 aliphatic heterocycles. The van der Waals surface area contributed by atoms with Gasteiger partial charge in [-0.1, -0.05) is 18.5 Å². The van der Waals surface area contributed by atoms with E-state index in [1.165, 1.54) is 11.8 Å². The number of nitrogens with zero attached hydrogens (tertiary/aromatic N) is 2. The standard InChI is InChI=1S/C14H17ClN4O2/c1-4-10-12(16)13(19(2)18-10)14(20)17-8-5-6-9(15)11(7-8)21-3/h5-7H,4,16H2,1-3H3,(H,17,20). The Kier molecular flexibility index (Phi) is 4.37. The van der Waals surface area contributed by atoms with Gasteiger partial charge in [0.2, 0.25) is 0 Å². The van der Waals surface area contributed by atoms with E-state index in [0.29, 0.717) is 40.0 Å². The molecule has 21 heavy (non-hydrogen) atoms. The van der Waals surface area contributed by atoms with E-state index in [1.54, 1.807) is 25.2 Å². The van der Waals surface area contributed by atoms with Crippen molar-refractivity contribution in [2.24, 2.45) is 7.05 Å². The average molecular weight is 309 g/mol. The number of hydrogen-bond donors (Lipinski definition) is 2. The molecule has 1 amide bonds. The fraction of sp³-hybridized carbons (Fsp3) is 0.286. The second kappa shape index (κ2) is 6.05. The Bertz CT molecular complexity index is 682. The highest BCUT2D eigenvalue weighted by molar-refractivity contribution is 6.32. The molecule has 0 atom stereocenters. The highest BCUT2D eigenvalue weighted by Gasteiger charge is 2.19. The lowest BCUT2D eigenvalue weighted by atomic mass is 10.2. The van der Waals surface area contributed by atoms with E-state index in [4.69, 9.17) is 22.1 Å². The maximum atomic E-state index is 12.3. The van der Waals surface area contributed by atoms with Crippen molar-refractivity contribution in [3.8, 4) is 5.75 Å². The van der Waals surface area contributed by atoms with E-state index >= 15 is 0 Å². The first-order valence-electron chi connectivity index (χ1n) is 6.44. The fourth-order valence-corrected chi connectivity index (χ4v) is 2.25. The molecule has 0 radical (unpaired) electrons. The molecule has 7 heteroatoms. The van der Waals surface area contributed by atoms with Crippen molar-refractivity contribution in [1.82, 2.24) is 9.78 Å². The van der Waals surface area contributed by atoms with Crippen LogP contribution in [0.1, 0.15) is 23.1 Å². The minimum Gasteiger partial charge on any atom is -0.495 e. The average Bonchev–Trinajstić information content (AvgIpc) is 2.75. The number of anilines is 2. The molecular weight excluding hydrogens is 292 g/mol. The van der Waals surface area contributed by atoms with Gasteiger partial charge in [-0.05, 0) is 18.6 Å². The molecule has 0 bridgehead atoms. The summed E-state index contributed by atoms with van der Waals surface area (Å²) < 4.78 is 6.60. The summed E-state index contributed by atoms with van der Waals surface area (Å²) in [6, 6.07) is 4.99. The van der Waals surface area contributed by atoms with Crippen molar-refractivity contribution in [3.05, 3.63) is 34.6 Å². The van der Waals surface area contributed by atoms with Crippen LogP contribution in [0.25, 0.3) is 0 Å². The zero-order valence-corrected chi connectivity index (χ0v) is 12.9. The zero-order valence-electron chi connectivity index (χ0n) is 12.1. The number of aromatic nitrogens is 2. The van der Waals surface area contributed by atoms with Gasteiger partial charge < -0.3 is 15.8 Å². The monoisotopic (exact) mass is 308 g/mol. The van der Waals surface area contributed by atoms with Crippen molar-refractivity contribution < 1.29 is 9.53 Å². The summed E-state index contributed by atoms with van der Waals surface area (Å²) >= 11 is 5.95. The van der Waals surface area contributed by atoms with Gasteiger partial charge in [-0.15, -0.1) is 0 Å². The highest BCUT2D eigenvalue weighted by atomic mass is 35.5. The Morgan fingerprint density at radius 1 is 1.52 bits per heavy atom. The van der Waals surface area contributed by atoms with Crippen LogP contribution in [0.2, 0.25) is 5.02 Å². The quantitative estimate of drug-likeness (QED) is 0.909. The first-order chi connectivity index (χ1) is 9.97. The Morgan fingerprint density at radius 3 is 2.81 bits per heavy atom. The number of halogens is 1. The van der Waals surface area contributed by atoms with Gasteiger partial charge in [-0.3, -0.25) is 9.48 Å². The summed E-state index contributed by atoms with van der Waals surface area (Å²) in [7, 11) is 3.20. The van der Waals surface area contributed by atoms with Crippen LogP contribution in [-0.4, -0.2) is 22.8 Å². The number of aryl methyl sites for hydroxylation is 2. The molecule has 1 heterocycles. The third kappa shape index (κ3) is 2.95.